The van der Waals surface area contributed by atoms with E-state index < -0.39 is 0 Å². The third-order valence-corrected chi connectivity index (χ3v) is 6.72. The van der Waals surface area contributed by atoms with Crippen molar-refractivity contribution in [3.8, 4) is 5.69 Å². The molecule has 1 aromatic heterocycles. The van der Waals surface area contributed by atoms with Crippen molar-refractivity contribution in [1.82, 2.24) is 14.7 Å². The molecule has 0 spiro atoms. The largest absolute Gasteiger partial charge is 0.366 e. The molecule has 2 heterocycles. The third-order valence-electron chi connectivity index (χ3n) is 6.36. The van der Waals surface area contributed by atoms with Crippen LogP contribution in [0.1, 0.15) is 17.5 Å². The van der Waals surface area contributed by atoms with Crippen molar-refractivity contribution < 1.29 is 4.79 Å². The molecule has 1 N–H and O–H groups in total. The number of amides is 1. The van der Waals surface area contributed by atoms with Crippen LogP contribution in [0.15, 0.2) is 59.5 Å². The Hall–Kier alpha value is -3.16. The first kappa shape index (κ1) is 21.7. The Bertz CT molecular complexity index is 1220. The van der Waals surface area contributed by atoms with Gasteiger partial charge in [0.1, 0.15) is 5.02 Å². The lowest BCUT2D eigenvalue weighted by Crippen LogP contribution is -2.49. The van der Waals surface area contributed by atoms with Gasteiger partial charge in [0.15, 0.2) is 0 Å². The fourth-order valence-corrected chi connectivity index (χ4v) is 4.85. The number of hydrogen-bond acceptors (Lipinski definition) is 5. The molecular formula is C25H26ClN5O2. The van der Waals surface area contributed by atoms with Gasteiger partial charge in [-0.25, -0.2) is 0 Å². The molecule has 3 aromatic rings. The SMILES string of the molecule is O=C(CN1CCN(c2cnn(-c3ccccc3)c(=O)c2Cl)CC1)Nc1ccc2c(c1)CCC2. The lowest BCUT2D eigenvalue weighted by atomic mass is 10.1. The minimum atomic E-state index is -0.337. The van der Waals surface area contributed by atoms with Gasteiger partial charge in [-0.2, -0.15) is 9.78 Å². The summed E-state index contributed by atoms with van der Waals surface area (Å²) in [5.41, 5.74) is 4.59. The maximum Gasteiger partial charge on any atom is 0.292 e. The molecule has 1 aliphatic heterocycles. The Labute approximate surface area is 197 Å². The zero-order chi connectivity index (χ0) is 22.8. The van der Waals surface area contributed by atoms with Crippen molar-refractivity contribution in [2.75, 3.05) is 42.9 Å². The molecule has 1 fully saturated rings. The lowest BCUT2D eigenvalue weighted by molar-refractivity contribution is -0.117. The summed E-state index contributed by atoms with van der Waals surface area (Å²) in [4.78, 5) is 29.5. The molecule has 5 rings (SSSR count). The van der Waals surface area contributed by atoms with Gasteiger partial charge in [0.2, 0.25) is 5.91 Å². The standard InChI is InChI=1S/C25H26ClN5O2/c26-24-22(16-27-31(25(24)33)21-7-2-1-3-8-21)30-13-11-29(12-14-30)17-23(32)28-20-10-9-18-5-4-6-19(18)15-20/h1-3,7-10,15-16H,4-6,11-14,17H2,(H,28,32). The van der Waals surface area contributed by atoms with Crippen LogP contribution in [0.25, 0.3) is 5.69 Å². The quantitative estimate of drug-likeness (QED) is 0.629. The number of fused-ring (bicyclic) bond motifs is 1. The van der Waals surface area contributed by atoms with Crippen molar-refractivity contribution in [1.29, 1.82) is 0 Å². The van der Waals surface area contributed by atoms with E-state index in [1.165, 1.54) is 22.2 Å². The van der Waals surface area contributed by atoms with Gasteiger partial charge in [-0.15, -0.1) is 0 Å². The van der Waals surface area contributed by atoms with Crippen LogP contribution < -0.4 is 15.8 Å². The molecule has 0 unspecified atom stereocenters. The summed E-state index contributed by atoms with van der Waals surface area (Å²) in [6.07, 6.45) is 5.06. The second-order valence-corrected chi connectivity index (χ2v) is 8.92. The lowest BCUT2D eigenvalue weighted by Gasteiger charge is -2.35. The summed E-state index contributed by atoms with van der Waals surface area (Å²) in [6.45, 7) is 3.09. The summed E-state index contributed by atoms with van der Waals surface area (Å²) >= 11 is 6.44. The van der Waals surface area contributed by atoms with Gasteiger partial charge >= 0.3 is 0 Å². The average molecular weight is 464 g/mol. The minimum Gasteiger partial charge on any atom is -0.366 e. The van der Waals surface area contributed by atoms with E-state index in [4.69, 9.17) is 11.6 Å². The smallest absolute Gasteiger partial charge is 0.292 e. The molecule has 0 bridgehead atoms. The molecular weight excluding hydrogens is 438 g/mol. The first-order valence-electron chi connectivity index (χ1n) is 11.3. The highest BCUT2D eigenvalue weighted by atomic mass is 35.5. The van der Waals surface area contributed by atoms with Gasteiger partial charge in [-0.1, -0.05) is 35.9 Å². The number of nitrogens with zero attached hydrogens (tertiary/aromatic N) is 4. The first-order chi connectivity index (χ1) is 16.1. The number of aromatic nitrogens is 2. The average Bonchev–Trinajstić information content (AvgIpc) is 3.30. The normalized spacial score (nSPS) is 16.0. The fourth-order valence-electron chi connectivity index (χ4n) is 4.60. The van der Waals surface area contributed by atoms with Crippen LogP contribution in [0.5, 0.6) is 0 Å². The van der Waals surface area contributed by atoms with E-state index in [0.29, 0.717) is 44.1 Å². The number of benzene rings is 2. The van der Waals surface area contributed by atoms with Gasteiger partial charge in [-0.3, -0.25) is 14.5 Å². The molecule has 7 nitrogen and oxygen atoms in total. The van der Waals surface area contributed by atoms with Crippen molar-refractivity contribution in [2.45, 2.75) is 19.3 Å². The number of anilines is 2. The molecule has 33 heavy (non-hydrogen) atoms. The Balaban J connectivity index is 1.18. The molecule has 0 radical (unpaired) electrons. The molecule has 1 amide bonds. The summed E-state index contributed by atoms with van der Waals surface area (Å²) in [5.74, 6) is -0.00782. The molecule has 1 saturated heterocycles. The fraction of sp³-hybridized carbons (Fsp3) is 0.320. The van der Waals surface area contributed by atoms with Crippen LogP contribution >= 0.6 is 11.6 Å². The van der Waals surface area contributed by atoms with Crippen molar-refractivity contribution in [3.05, 3.63) is 81.2 Å². The summed E-state index contributed by atoms with van der Waals surface area (Å²) < 4.78 is 1.31. The van der Waals surface area contributed by atoms with Crippen LogP contribution in [0.4, 0.5) is 11.4 Å². The molecule has 170 valence electrons. The predicted octanol–water partition coefficient (Wildman–Crippen LogP) is 3.14. The summed E-state index contributed by atoms with van der Waals surface area (Å²) in [6, 6.07) is 15.4. The number of nitrogens with one attached hydrogen (secondary N) is 1. The van der Waals surface area contributed by atoms with E-state index in [0.717, 1.165) is 18.5 Å². The number of hydrogen-bond donors (Lipinski definition) is 1. The van der Waals surface area contributed by atoms with Crippen LogP contribution in [0.2, 0.25) is 5.02 Å². The zero-order valence-corrected chi connectivity index (χ0v) is 19.1. The van der Waals surface area contributed by atoms with Gasteiger partial charge < -0.3 is 10.2 Å². The van der Waals surface area contributed by atoms with E-state index in [1.54, 1.807) is 6.20 Å². The Kier molecular flexibility index (Phi) is 6.15. The Morgan fingerprint density at radius 3 is 2.55 bits per heavy atom. The molecule has 1 aliphatic carbocycles. The highest BCUT2D eigenvalue weighted by Crippen LogP contribution is 2.25. The number of rotatable bonds is 5. The van der Waals surface area contributed by atoms with Crippen LogP contribution in [0.3, 0.4) is 0 Å². The maximum absolute atomic E-state index is 12.8. The maximum atomic E-state index is 12.8. The van der Waals surface area contributed by atoms with E-state index >= 15 is 0 Å². The molecule has 0 atom stereocenters. The van der Waals surface area contributed by atoms with Gasteiger partial charge in [0, 0.05) is 31.9 Å². The minimum absolute atomic E-state index is 0.00782. The van der Waals surface area contributed by atoms with E-state index in [-0.39, 0.29) is 16.5 Å². The highest BCUT2D eigenvalue weighted by molar-refractivity contribution is 6.33. The van der Waals surface area contributed by atoms with Gasteiger partial charge in [0.25, 0.3) is 5.56 Å². The highest BCUT2D eigenvalue weighted by Gasteiger charge is 2.23. The number of halogens is 1. The Morgan fingerprint density at radius 1 is 1.00 bits per heavy atom. The number of carbonyl (C=O) groups is 1. The molecule has 2 aromatic carbocycles. The molecule has 2 aliphatic rings. The zero-order valence-electron chi connectivity index (χ0n) is 18.3. The second kappa shape index (κ2) is 9.37. The molecule has 8 heteroatoms. The summed E-state index contributed by atoms with van der Waals surface area (Å²) in [5, 5.41) is 7.52. The Morgan fingerprint density at radius 2 is 1.76 bits per heavy atom. The van der Waals surface area contributed by atoms with Crippen molar-refractivity contribution in [3.63, 3.8) is 0 Å². The number of carbonyl (C=O) groups excluding carboxylic acids is 1. The number of aryl methyl sites for hydroxylation is 2. The number of para-hydroxylation sites is 1. The van der Waals surface area contributed by atoms with Crippen molar-refractivity contribution >= 4 is 28.9 Å². The van der Waals surface area contributed by atoms with E-state index in [9.17, 15) is 9.59 Å². The van der Waals surface area contributed by atoms with E-state index in [2.05, 4.69) is 32.3 Å². The van der Waals surface area contributed by atoms with Crippen LogP contribution in [-0.4, -0.2) is 53.3 Å². The van der Waals surface area contributed by atoms with Gasteiger partial charge in [0.05, 0.1) is 24.1 Å². The third kappa shape index (κ3) is 4.65. The summed E-state index contributed by atoms with van der Waals surface area (Å²) in [7, 11) is 0. The van der Waals surface area contributed by atoms with Crippen molar-refractivity contribution in [2.24, 2.45) is 0 Å². The topological polar surface area (TPSA) is 70.5 Å². The van der Waals surface area contributed by atoms with E-state index in [1.807, 2.05) is 36.4 Å². The number of piperazine rings is 1. The first-order valence-corrected chi connectivity index (χ1v) is 11.7. The predicted molar refractivity (Wildman–Crippen MR) is 131 cm³/mol. The van der Waals surface area contributed by atoms with Gasteiger partial charge in [-0.05, 0) is 54.7 Å². The second-order valence-electron chi connectivity index (χ2n) is 8.54. The van der Waals surface area contributed by atoms with Crippen LogP contribution in [-0.2, 0) is 17.6 Å². The van der Waals surface area contributed by atoms with Crippen LogP contribution in [0, 0.1) is 0 Å². The molecule has 0 saturated carbocycles. The monoisotopic (exact) mass is 463 g/mol.